The van der Waals surface area contributed by atoms with Gasteiger partial charge in [0.2, 0.25) is 0 Å². The fraction of sp³-hybridized carbons (Fsp3) is 0.917. The second-order valence-electron chi connectivity index (χ2n) is 4.15. The van der Waals surface area contributed by atoms with E-state index in [1.165, 1.54) is 44.9 Å². The van der Waals surface area contributed by atoms with Crippen LogP contribution in [0.3, 0.4) is 0 Å². The van der Waals surface area contributed by atoms with Crippen molar-refractivity contribution < 1.29 is 16.5 Å². The predicted molar refractivity (Wildman–Crippen MR) is 66.0 cm³/mol. The van der Waals surface area contributed by atoms with Crippen molar-refractivity contribution in [1.29, 1.82) is 0 Å². The van der Waals surface area contributed by atoms with Gasteiger partial charge in [-0.15, -0.1) is 9.24 Å². The van der Waals surface area contributed by atoms with Gasteiger partial charge in [-0.2, -0.15) is 5.92 Å². The molecule has 0 saturated heterocycles. The van der Waals surface area contributed by atoms with E-state index >= 15 is 0 Å². The molecular formula is C12H26NiP-. The summed E-state index contributed by atoms with van der Waals surface area (Å²) in [5.41, 5.74) is 0.805. The summed E-state index contributed by atoms with van der Waals surface area (Å²) in [6.45, 7) is 8.72. The van der Waals surface area contributed by atoms with Crippen molar-refractivity contribution in [2.45, 2.75) is 64.5 Å². The second kappa shape index (κ2) is 12.0. The largest absolute Gasteiger partial charge is 0.340 e. The van der Waals surface area contributed by atoms with Crippen LogP contribution in [-0.4, -0.2) is 5.66 Å². The van der Waals surface area contributed by atoms with E-state index in [0.717, 1.165) is 5.66 Å². The summed E-state index contributed by atoms with van der Waals surface area (Å²) in [5, 5.41) is 0. The smallest absolute Gasteiger partial charge is 0 e. The zero-order chi connectivity index (χ0) is 10.1. The van der Waals surface area contributed by atoms with Crippen molar-refractivity contribution >= 4 is 9.24 Å². The molecule has 0 radical (unpaired) electrons. The zero-order valence-corrected chi connectivity index (χ0v) is 11.8. The molecule has 0 N–H and O–H groups in total. The fourth-order valence-electron chi connectivity index (χ4n) is 1.62. The van der Waals surface area contributed by atoms with Crippen LogP contribution in [0.5, 0.6) is 0 Å². The average Bonchev–Trinajstić information content (AvgIpc) is 2.11. The minimum atomic E-state index is 0. The maximum absolute atomic E-state index is 4.21. The second-order valence-corrected chi connectivity index (χ2v) is 5.09. The van der Waals surface area contributed by atoms with Gasteiger partial charge in [-0.3, -0.25) is 0 Å². The Kier molecular flexibility index (Phi) is 14.8. The number of hydrogen-bond acceptors (Lipinski definition) is 0. The summed E-state index contributed by atoms with van der Waals surface area (Å²) in [6.07, 6.45) is 9.32. The van der Waals surface area contributed by atoms with Gasteiger partial charge in [0.15, 0.2) is 0 Å². The molecule has 14 heavy (non-hydrogen) atoms. The molecule has 0 aliphatic carbocycles. The van der Waals surface area contributed by atoms with E-state index in [-0.39, 0.29) is 16.5 Å². The van der Waals surface area contributed by atoms with Crippen LogP contribution in [-0.2, 0) is 16.5 Å². The molecule has 2 heteroatoms. The van der Waals surface area contributed by atoms with E-state index in [1.807, 2.05) is 0 Å². The fourth-order valence-corrected chi connectivity index (χ4v) is 2.24. The van der Waals surface area contributed by atoms with Gasteiger partial charge in [-0.25, -0.2) is 0 Å². The first kappa shape index (κ1) is 17.3. The van der Waals surface area contributed by atoms with Crippen LogP contribution in [0, 0.1) is 12.8 Å². The zero-order valence-electron chi connectivity index (χ0n) is 9.71. The van der Waals surface area contributed by atoms with Gasteiger partial charge in [0.25, 0.3) is 0 Å². The molecule has 0 spiro atoms. The molecule has 0 aromatic heterocycles. The van der Waals surface area contributed by atoms with Gasteiger partial charge < -0.3 is 6.92 Å². The SMILES string of the molecule is [CH2-]C(CCCC)CC(P)CCCC.[Ni]. The van der Waals surface area contributed by atoms with Crippen LogP contribution in [0.25, 0.3) is 0 Å². The number of unbranched alkanes of at least 4 members (excludes halogenated alkanes) is 2. The third-order valence-corrected chi connectivity index (χ3v) is 3.14. The quantitative estimate of drug-likeness (QED) is 0.343. The number of rotatable bonds is 8. The molecule has 0 amide bonds. The van der Waals surface area contributed by atoms with Crippen LogP contribution >= 0.6 is 9.24 Å². The minimum absolute atomic E-state index is 0. The van der Waals surface area contributed by atoms with E-state index in [0.29, 0.717) is 5.92 Å². The topological polar surface area (TPSA) is 0 Å². The Bertz CT molecular complexity index is 94.5. The Morgan fingerprint density at radius 3 is 2.07 bits per heavy atom. The molecule has 0 aromatic rings. The van der Waals surface area contributed by atoms with Gasteiger partial charge in [0.05, 0.1) is 0 Å². The van der Waals surface area contributed by atoms with Crippen LogP contribution < -0.4 is 0 Å². The normalized spacial score (nSPS) is 14.6. The van der Waals surface area contributed by atoms with E-state index in [1.54, 1.807) is 0 Å². The Morgan fingerprint density at radius 2 is 1.57 bits per heavy atom. The first-order chi connectivity index (χ1) is 6.20. The van der Waals surface area contributed by atoms with Gasteiger partial charge in [-0.1, -0.05) is 52.4 Å². The third-order valence-electron chi connectivity index (χ3n) is 2.53. The molecule has 0 rings (SSSR count). The third kappa shape index (κ3) is 11.0. The first-order valence-corrected chi connectivity index (χ1v) is 6.46. The molecule has 0 bridgehead atoms. The van der Waals surface area contributed by atoms with Crippen molar-refractivity contribution in [2.24, 2.45) is 5.92 Å². The molecule has 0 nitrogen and oxygen atoms in total. The summed E-state index contributed by atoms with van der Waals surface area (Å²) in [4.78, 5) is 0. The van der Waals surface area contributed by atoms with Gasteiger partial charge in [0.1, 0.15) is 0 Å². The van der Waals surface area contributed by atoms with E-state index in [2.05, 4.69) is 30.0 Å². The van der Waals surface area contributed by atoms with Crippen molar-refractivity contribution in [3.05, 3.63) is 6.92 Å². The summed E-state index contributed by atoms with van der Waals surface area (Å²) < 4.78 is 0. The van der Waals surface area contributed by atoms with Gasteiger partial charge >= 0.3 is 0 Å². The standard InChI is InChI=1S/C12H26P.Ni/c1-4-6-8-11(3)10-12(13)9-7-5-2;/h11-12H,3-10,13H2,1-2H3;/q-1;. The molecule has 0 aliphatic heterocycles. The Labute approximate surface area is 103 Å². The van der Waals surface area contributed by atoms with E-state index < -0.39 is 0 Å². The Balaban J connectivity index is 0. The molecule has 0 heterocycles. The predicted octanol–water partition coefficient (Wildman–Crippen LogP) is 4.45. The monoisotopic (exact) mass is 259 g/mol. The minimum Gasteiger partial charge on any atom is -0.340 e. The van der Waals surface area contributed by atoms with Crippen molar-refractivity contribution in [3.8, 4) is 0 Å². The molecule has 3 unspecified atom stereocenters. The van der Waals surface area contributed by atoms with Crippen molar-refractivity contribution in [2.75, 3.05) is 0 Å². The van der Waals surface area contributed by atoms with Crippen LogP contribution in [0.15, 0.2) is 0 Å². The van der Waals surface area contributed by atoms with Crippen LogP contribution in [0.1, 0.15) is 58.8 Å². The average molecular weight is 260 g/mol. The molecular weight excluding hydrogens is 234 g/mol. The summed E-state index contributed by atoms with van der Waals surface area (Å²) in [5.74, 6) is 0.680. The Morgan fingerprint density at radius 1 is 1.07 bits per heavy atom. The van der Waals surface area contributed by atoms with Crippen LogP contribution in [0.4, 0.5) is 0 Å². The molecule has 0 aliphatic rings. The molecule has 0 aromatic carbocycles. The number of hydrogen-bond donors (Lipinski definition) is 0. The molecule has 3 atom stereocenters. The summed E-state index contributed by atoms with van der Waals surface area (Å²) in [7, 11) is 2.98. The van der Waals surface area contributed by atoms with Crippen molar-refractivity contribution in [3.63, 3.8) is 0 Å². The maximum Gasteiger partial charge on any atom is 0 e. The molecule has 0 fully saturated rings. The van der Waals surface area contributed by atoms with Crippen molar-refractivity contribution in [1.82, 2.24) is 0 Å². The first-order valence-electron chi connectivity index (χ1n) is 5.79. The van der Waals surface area contributed by atoms with E-state index in [4.69, 9.17) is 0 Å². The van der Waals surface area contributed by atoms with Gasteiger partial charge in [-0.05, 0) is 12.1 Å². The van der Waals surface area contributed by atoms with E-state index in [9.17, 15) is 0 Å². The molecule has 0 saturated carbocycles. The Hall–Kier alpha value is 0.924. The molecule has 90 valence electrons. The van der Waals surface area contributed by atoms with Gasteiger partial charge in [0, 0.05) is 16.5 Å². The maximum atomic E-state index is 4.21. The summed E-state index contributed by atoms with van der Waals surface area (Å²) in [6, 6.07) is 0. The van der Waals surface area contributed by atoms with Crippen LogP contribution in [0.2, 0.25) is 0 Å². The summed E-state index contributed by atoms with van der Waals surface area (Å²) >= 11 is 0.